The van der Waals surface area contributed by atoms with Crippen LogP contribution in [0.5, 0.6) is 0 Å². The summed E-state index contributed by atoms with van der Waals surface area (Å²) in [7, 11) is 0. The van der Waals surface area contributed by atoms with E-state index in [1.165, 1.54) is 31.4 Å². The van der Waals surface area contributed by atoms with Crippen molar-refractivity contribution in [2.75, 3.05) is 6.54 Å². The highest BCUT2D eigenvalue weighted by molar-refractivity contribution is 5.08. The Labute approximate surface area is 91.9 Å². The highest BCUT2D eigenvalue weighted by atomic mass is 15.3. The van der Waals surface area contributed by atoms with E-state index in [1.807, 2.05) is 6.20 Å². The molecule has 0 amide bonds. The van der Waals surface area contributed by atoms with Gasteiger partial charge in [-0.15, -0.1) is 0 Å². The van der Waals surface area contributed by atoms with Crippen molar-refractivity contribution >= 4 is 0 Å². The van der Waals surface area contributed by atoms with Crippen LogP contribution in [0, 0.1) is 0 Å². The molecule has 1 N–H and O–H groups in total. The Bertz CT molecular complexity index is 298. The number of piperidine rings is 1. The number of aromatic nitrogens is 2. The van der Waals surface area contributed by atoms with Crippen molar-refractivity contribution in [3.05, 3.63) is 18.0 Å². The van der Waals surface area contributed by atoms with Crippen LogP contribution in [0.2, 0.25) is 0 Å². The molecule has 2 heterocycles. The highest BCUT2D eigenvalue weighted by Gasteiger charge is 2.13. The van der Waals surface area contributed by atoms with Gasteiger partial charge in [-0.05, 0) is 30.9 Å². The topological polar surface area (TPSA) is 29.9 Å². The molecule has 1 aromatic rings. The maximum absolute atomic E-state index is 4.41. The summed E-state index contributed by atoms with van der Waals surface area (Å²) in [6.45, 7) is 6.61. The van der Waals surface area contributed by atoms with Crippen molar-refractivity contribution in [1.29, 1.82) is 0 Å². The number of rotatable bonds is 3. The Hall–Kier alpha value is -0.830. The third kappa shape index (κ3) is 2.81. The van der Waals surface area contributed by atoms with Gasteiger partial charge in [-0.2, -0.15) is 5.10 Å². The zero-order valence-electron chi connectivity index (χ0n) is 9.74. The molecule has 1 saturated heterocycles. The van der Waals surface area contributed by atoms with Gasteiger partial charge in [0.2, 0.25) is 0 Å². The maximum atomic E-state index is 4.41. The van der Waals surface area contributed by atoms with Crippen LogP contribution < -0.4 is 5.32 Å². The lowest BCUT2D eigenvalue weighted by Gasteiger charge is -2.23. The molecule has 1 atom stereocenters. The van der Waals surface area contributed by atoms with Crippen LogP contribution in [0.25, 0.3) is 0 Å². The van der Waals surface area contributed by atoms with E-state index in [1.54, 1.807) is 0 Å². The average molecular weight is 207 g/mol. The Morgan fingerprint density at radius 3 is 3.00 bits per heavy atom. The van der Waals surface area contributed by atoms with Gasteiger partial charge in [0.05, 0.1) is 12.7 Å². The monoisotopic (exact) mass is 207 g/mol. The zero-order valence-corrected chi connectivity index (χ0v) is 9.74. The van der Waals surface area contributed by atoms with E-state index in [0.717, 1.165) is 6.54 Å². The Morgan fingerprint density at radius 1 is 1.53 bits per heavy atom. The molecule has 1 aliphatic rings. The smallest absolute Gasteiger partial charge is 0.0562 e. The van der Waals surface area contributed by atoms with Crippen LogP contribution in [0.1, 0.15) is 44.6 Å². The van der Waals surface area contributed by atoms with E-state index >= 15 is 0 Å². The fourth-order valence-corrected chi connectivity index (χ4v) is 2.08. The largest absolute Gasteiger partial charge is 0.312 e. The van der Waals surface area contributed by atoms with Crippen LogP contribution in [0.4, 0.5) is 0 Å². The molecule has 1 aliphatic heterocycles. The van der Waals surface area contributed by atoms with Crippen LogP contribution >= 0.6 is 0 Å². The third-order valence-corrected chi connectivity index (χ3v) is 3.14. The van der Waals surface area contributed by atoms with Gasteiger partial charge < -0.3 is 5.32 Å². The summed E-state index contributed by atoms with van der Waals surface area (Å²) in [5, 5.41) is 7.95. The summed E-state index contributed by atoms with van der Waals surface area (Å²) in [5.74, 6) is 0.582. The summed E-state index contributed by atoms with van der Waals surface area (Å²) in [4.78, 5) is 0. The number of nitrogens with zero attached hydrogens (tertiary/aromatic N) is 2. The minimum absolute atomic E-state index is 0.582. The molecule has 0 aliphatic carbocycles. The average Bonchev–Trinajstić information content (AvgIpc) is 2.68. The second-order valence-electron chi connectivity index (χ2n) is 4.80. The zero-order chi connectivity index (χ0) is 10.7. The van der Waals surface area contributed by atoms with Gasteiger partial charge in [-0.25, -0.2) is 0 Å². The van der Waals surface area contributed by atoms with Gasteiger partial charge in [-0.3, -0.25) is 4.68 Å². The second kappa shape index (κ2) is 4.79. The molecule has 3 nitrogen and oxygen atoms in total. The summed E-state index contributed by atoms with van der Waals surface area (Å²) < 4.78 is 2.08. The Kier molecular flexibility index (Phi) is 3.41. The van der Waals surface area contributed by atoms with Crippen molar-refractivity contribution in [2.45, 2.75) is 51.6 Å². The van der Waals surface area contributed by atoms with Crippen molar-refractivity contribution in [2.24, 2.45) is 0 Å². The lowest BCUT2D eigenvalue weighted by molar-refractivity contribution is 0.351. The van der Waals surface area contributed by atoms with Gasteiger partial charge in [0.1, 0.15) is 0 Å². The standard InChI is InChI=1S/C12H21N3/c1-10(2)11-7-14-15(8-11)9-12-5-3-4-6-13-12/h7-8,10,12-13H,3-6,9H2,1-2H3. The Balaban J connectivity index is 1.91. The van der Waals surface area contributed by atoms with Crippen LogP contribution in [0.3, 0.4) is 0 Å². The van der Waals surface area contributed by atoms with Gasteiger partial charge in [-0.1, -0.05) is 20.3 Å². The predicted molar refractivity (Wildman–Crippen MR) is 62.0 cm³/mol. The lowest BCUT2D eigenvalue weighted by atomic mass is 10.1. The lowest BCUT2D eigenvalue weighted by Crippen LogP contribution is -2.37. The summed E-state index contributed by atoms with van der Waals surface area (Å²) in [6, 6.07) is 0.624. The molecular formula is C12H21N3. The fraction of sp³-hybridized carbons (Fsp3) is 0.750. The third-order valence-electron chi connectivity index (χ3n) is 3.14. The van der Waals surface area contributed by atoms with E-state index in [4.69, 9.17) is 0 Å². The molecule has 3 heteroatoms. The minimum Gasteiger partial charge on any atom is -0.312 e. The first-order chi connectivity index (χ1) is 7.25. The normalized spacial score (nSPS) is 22.2. The predicted octanol–water partition coefficient (Wildman–Crippen LogP) is 2.15. The highest BCUT2D eigenvalue weighted by Crippen LogP contribution is 2.14. The van der Waals surface area contributed by atoms with Crippen LogP contribution in [-0.4, -0.2) is 22.4 Å². The first kappa shape index (κ1) is 10.7. The molecule has 0 aromatic carbocycles. The van der Waals surface area contributed by atoms with Crippen LogP contribution in [0.15, 0.2) is 12.4 Å². The van der Waals surface area contributed by atoms with E-state index in [9.17, 15) is 0 Å². The first-order valence-corrected chi connectivity index (χ1v) is 6.01. The minimum atomic E-state index is 0.582. The fourth-order valence-electron chi connectivity index (χ4n) is 2.08. The number of hydrogen-bond acceptors (Lipinski definition) is 2. The first-order valence-electron chi connectivity index (χ1n) is 6.01. The summed E-state index contributed by atoms with van der Waals surface area (Å²) in [6.07, 6.45) is 8.15. The van der Waals surface area contributed by atoms with Crippen molar-refractivity contribution in [1.82, 2.24) is 15.1 Å². The number of nitrogens with one attached hydrogen (secondary N) is 1. The molecule has 15 heavy (non-hydrogen) atoms. The van der Waals surface area contributed by atoms with Crippen LogP contribution in [-0.2, 0) is 6.54 Å². The molecule has 1 unspecified atom stereocenters. The summed E-state index contributed by atoms with van der Waals surface area (Å²) in [5.41, 5.74) is 1.34. The molecule has 1 fully saturated rings. The van der Waals surface area contributed by atoms with E-state index in [2.05, 4.69) is 35.1 Å². The van der Waals surface area contributed by atoms with E-state index in [-0.39, 0.29) is 0 Å². The quantitative estimate of drug-likeness (QED) is 0.823. The molecule has 1 aromatic heterocycles. The van der Waals surface area contributed by atoms with Crippen molar-refractivity contribution < 1.29 is 0 Å². The molecular weight excluding hydrogens is 186 g/mol. The molecule has 0 saturated carbocycles. The van der Waals surface area contributed by atoms with Gasteiger partial charge >= 0.3 is 0 Å². The van der Waals surface area contributed by atoms with Crippen molar-refractivity contribution in [3.63, 3.8) is 0 Å². The molecule has 0 bridgehead atoms. The van der Waals surface area contributed by atoms with Gasteiger partial charge in [0.25, 0.3) is 0 Å². The Morgan fingerprint density at radius 2 is 2.40 bits per heavy atom. The molecule has 2 rings (SSSR count). The molecule has 0 radical (unpaired) electrons. The maximum Gasteiger partial charge on any atom is 0.0562 e. The van der Waals surface area contributed by atoms with E-state index < -0.39 is 0 Å². The second-order valence-corrected chi connectivity index (χ2v) is 4.80. The molecule has 84 valence electrons. The number of hydrogen-bond donors (Lipinski definition) is 1. The van der Waals surface area contributed by atoms with E-state index in [0.29, 0.717) is 12.0 Å². The molecule has 0 spiro atoms. The van der Waals surface area contributed by atoms with Gasteiger partial charge in [0.15, 0.2) is 0 Å². The van der Waals surface area contributed by atoms with Crippen molar-refractivity contribution in [3.8, 4) is 0 Å². The van der Waals surface area contributed by atoms with Gasteiger partial charge in [0, 0.05) is 12.2 Å². The summed E-state index contributed by atoms with van der Waals surface area (Å²) >= 11 is 0. The SMILES string of the molecule is CC(C)c1cnn(CC2CCCCN2)c1.